The summed E-state index contributed by atoms with van der Waals surface area (Å²) in [6.07, 6.45) is 1.57. The molecule has 0 bridgehead atoms. The van der Waals surface area contributed by atoms with Crippen molar-refractivity contribution in [3.05, 3.63) is 68.3 Å². The number of nitrogens with one attached hydrogen (secondary N) is 1. The van der Waals surface area contributed by atoms with Gasteiger partial charge in [0.2, 0.25) is 0 Å². The lowest BCUT2D eigenvalue weighted by atomic mass is 10.1. The van der Waals surface area contributed by atoms with E-state index >= 15 is 0 Å². The average Bonchev–Trinajstić information content (AvgIpc) is 2.46. The summed E-state index contributed by atoms with van der Waals surface area (Å²) in [4.78, 5) is 12.1. The second kappa shape index (κ2) is 7.25. The summed E-state index contributed by atoms with van der Waals surface area (Å²) >= 11 is 8.02. The zero-order valence-corrected chi connectivity index (χ0v) is 13.7. The quantitative estimate of drug-likeness (QED) is 0.462. The maximum atomic E-state index is 12.1. The number of nitrogens with zero attached hydrogens (tertiary/aromatic N) is 1. The highest BCUT2D eigenvalue weighted by Crippen LogP contribution is 2.18. The molecular weight excluding hydrogens is 399 g/mol. The number of carbonyl (C=O) groups excluding carboxylic acids is 1. The molecule has 0 saturated carbocycles. The minimum atomic E-state index is -0.459. The van der Waals surface area contributed by atoms with E-state index in [2.05, 4.69) is 27.9 Å². The first kappa shape index (κ1) is 15.5. The van der Waals surface area contributed by atoms with E-state index in [0.29, 0.717) is 10.7 Å². The van der Waals surface area contributed by atoms with E-state index in [1.165, 1.54) is 0 Å². The smallest absolute Gasteiger partial charge is 0.266 e. The number of nitriles is 1. The predicted molar refractivity (Wildman–Crippen MR) is 92.8 cm³/mol. The van der Waals surface area contributed by atoms with Crippen LogP contribution in [0.5, 0.6) is 0 Å². The molecular formula is C16H10ClIN2O. The highest BCUT2D eigenvalue weighted by Gasteiger charge is 2.10. The van der Waals surface area contributed by atoms with Crippen molar-refractivity contribution in [1.82, 2.24) is 0 Å². The largest absolute Gasteiger partial charge is 0.321 e. The van der Waals surface area contributed by atoms with Gasteiger partial charge in [0.05, 0.1) is 0 Å². The number of anilines is 1. The maximum Gasteiger partial charge on any atom is 0.266 e. The van der Waals surface area contributed by atoms with Gasteiger partial charge in [0.25, 0.3) is 5.91 Å². The molecule has 0 aliphatic rings. The summed E-state index contributed by atoms with van der Waals surface area (Å²) in [5.41, 5.74) is 1.42. The SMILES string of the molecule is N#C/C(=C/c1ccccc1I)C(=O)Nc1cccc(Cl)c1. The Morgan fingerprint density at radius 1 is 1.24 bits per heavy atom. The molecule has 21 heavy (non-hydrogen) atoms. The molecule has 3 nitrogen and oxygen atoms in total. The second-order valence-electron chi connectivity index (χ2n) is 4.16. The fourth-order valence-electron chi connectivity index (χ4n) is 1.66. The molecule has 2 aromatic rings. The van der Waals surface area contributed by atoms with Crippen molar-refractivity contribution in [3.63, 3.8) is 0 Å². The third kappa shape index (κ3) is 4.31. The van der Waals surface area contributed by atoms with Crippen molar-refractivity contribution in [1.29, 1.82) is 5.26 Å². The number of carbonyl (C=O) groups is 1. The van der Waals surface area contributed by atoms with Crippen molar-refractivity contribution in [2.45, 2.75) is 0 Å². The molecule has 0 aliphatic carbocycles. The minimum Gasteiger partial charge on any atom is -0.321 e. The number of benzene rings is 2. The summed E-state index contributed by atoms with van der Waals surface area (Å²) in [6, 6.07) is 16.2. The highest BCUT2D eigenvalue weighted by atomic mass is 127. The number of hydrogen-bond acceptors (Lipinski definition) is 2. The van der Waals surface area contributed by atoms with Gasteiger partial charge in [-0.15, -0.1) is 0 Å². The second-order valence-corrected chi connectivity index (χ2v) is 5.75. The molecule has 0 spiro atoms. The Balaban J connectivity index is 2.24. The molecule has 0 unspecified atom stereocenters. The Labute approximate surface area is 141 Å². The zero-order valence-electron chi connectivity index (χ0n) is 10.8. The van der Waals surface area contributed by atoms with Crippen LogP contribution in [0.4, 0.5) is 5.69 Å². The lowest BCUT2D eigenvalue weighted by molar-refractivity contribution is -0.112. The fraction of sp³-hybridized carbons (Fsp3) is 0. The van der Waals surface area contributed by atoms with Crippen LogP contribution in [0.3, 0.4) is 0 Å². The minimum absolute atomic E-state index is 0.0408. The van der Waals surface area contributed by atoms with Crippen LogP contribution in [0.1, 0.15) is 5.56 Å². The lowest BCUT2D eigenvalue weighted by Gasteiger charge is -2.05. The van der Waals surface area contributed by atoms with Crippen LogP contribution >= 0.6 is 34.2 Å². The van der Waals surface area contributed by atoms with Gasteiger partial charge in [-0.25, -0.2) is 0 Å². The first-order chi connectivity index (χ1) is 10.1. The Bertz CT molecular complexity index is 750. The molecule has 5 heteroatoms. The third-order valence-electron chi connectivity index (χ3n) is 2.65. The molecule has 0 fully saturated rings. The molecule has 2 rings (SSSR count). The first-order valence-electron chi connectivity index (χ1n) is 6.03. The van der Waals surface area contributed by atoms with Crippen LogP contribution in [0.25, 0.3) is 6.08 Å². The van der Waals surface area contributed by atoms with E-state index in [1.807, 2.05) is 30.3 Å². The summed E-state index contributed by atoms with van der Waals surface area (Å²) < 4.78 is 0.971. The van der Waals surface area contributed by atoms with Crippen molar-refractivity contribution >= 4 is 51.9 Å². The van der Waals surface area contributed by atoms with Crippen LogP contribution in [0.2, 0.25) is 5.02 Å². The third-order valence-corrected chi connectivity index (χ3v) is 3.87. The van der Waals surface area contributed by atoms with Gasteiger partial charge in [0, 0.05) is 14.3 Å². The maximum absolute atomic E-state index is 12.1. The van der Waals surface area contributed by atoms with Crippen LogP contribution in [-0.2, 0) is 4.79 Å². The predicted octanol–water partition coefficient (Wildman–Crippen LogP) is 4.49. The van der Waals surface area contributed by atoms with Gasteiger partial charge in [-0.05, 0) is 58.5 Å². The summed E-state index contributed by atoms with van der Waals surface area (Å²) in [5, 5.41) is 12.4. The van der Waals surface area contributed by atoms with Crippen LogP contribution in [-0.4, -0.2) is 5.91 Å². The molecule has 1 amide bonds. The molecule has 0 aliphatic heterocycles. The van der Waals surface area contributed by atoms with Gasteiger partial charge in [-0.2, -0.15) is 5.26 Å². The first-order valence-corrected chi connectivity index (χ1v) is 7.49. The molecule has 0 saturated heterocycles. The zero-order chi connectivity index (χ0) is 15.2. The number of rotatable bonds is 3. The average molecular weight is 409 g/mol. The number of amides is 1. The van der Waals surface area contributed by atoms with E-state index in [-0.39, 0.29) is 5.57 Å². The Morgan fingerprint density at radius 2 is 2.00 bits per heavy atom. The van der Waals surface area contributed by atoms with Gasteiger partial charge in [0.15, 0.2) is 0 Å². The van der Waals surface area contributed by atoms with Crippen LogP contribution < -0.4 is 5.32 Å². The highest BCUT2D eigenvalue weighted by molar-refractivity contribution is 14.1. The fourth-order valence-corrected chi connectivity index (χ4v) is 2.39. The van der Waals surface area contributed by atoms with E-state index in [9.17, 15) is 10.1 Å². The molecule has 1 N–H and O–H groups in total. The molecule has 2 aromatic carbocycles. The van der Waals surface area contributed by atoms with Crippen molar-refractivity contribution < 1.29 is 4.79 Å². The molecule has 0 radical (unpaired) electrons. The topological polar surface area (TPSA) is 52.9 Å². The lowest BCUT2D eigenvalue weighted by Crippen LogP contribution is -2.13. The van der Waals surface area contributed by atoms with Crippen molar-refractivity contribution in [2.75, 3.05) is 5.32 Å². The van der Waals surface area contributed by atoms with Crippen LogP contribution in [0, 0.1) is 14.9 Å². The standard InChI is InChI=1S/C16H10ClIN2O/c17-13-5-3-6-14(9-13)20-16(21)12(10-19)8-11-4-1-2-7-15(11)18/h1-9H,(H,20,21)/b12-8-. The summed E-state index contributed by atoms with van der Waals surface area (Å²) in [5.74, 6) is -0.459. The Kier molecular flexibility index (Phi) is 5.37. The monoisotopic (exact) mass is 408 g/mol. The van der Waals surface area contributed by atoms with Crippen molar-refractivity contribution in [2.24, 2.45) is 0 Å². The van der Waals surface area contributed by atoms with Crippen molar-refractivity contribution in [3.8, 4) is 6.07 Å². The van der Waals surface area contributed by atoms with Gasteiger partial charge in [-0.3, -0.25) is 4.79 Å². The molecule has 0 atom stereocenters. The summed E-state index contributed by atoms with van der Waals surface area (Å²) in [7, 11) is 0. The number of halogens is 2. The van der Waals surface area contributed by atoms with Gasteiger partial charge >= 0.3 is 0 Å². The normalized spacial score (nSPS) is 10.8. The van der Waals surface area contributed by atoms with E-state index < -0.39 is 5.91 Å². The van der Waals surface area contributed by atoms with Crippen LogP contribution in [0.15, 0.2) is 54.1 Å². The van der Waals surface area contributed by atoms with Gasteiger partial charge in [0.1, 0.15) is 11.6 Å². The van der Waals surface area contributed by atoms with E-state index in [1.54, 1.807) is 30.3 Å². The van der Waals surface area contributed by atoms with E-state index in [0.717, 1.165) is 9.13 Å². The molecule has 0 aromatic heterocycles. The van der Waals surface area contributed by atoms with Gasteiger partial charge < -0.3 is 5.32 Å². The molecule has 104 valence electrons. The molecule has 0 heterocycles. The van der Waals surface area contributed by atoms with E-state index in [4.69, 9.17) is 11.6 Å². The Hall–Kier alpha value is -1.84. The number of hydrogen-bond donors (Lipinski definition) is 1. The summed E-state index contributed by atoms with van der Waals surface area (Å²) in [6.45, 7) is 0. The Morgan fingerprint density at radius 3 is 2.67 bits per heavy atom. The van der Waals surface area contributed by atoms with Gasteiger partial charge in [-0.1, -0.05) is 35.9 Å².